The number of aryl methyl sites for hydroxylation is 2. The molecule has 2 aromatic carbocycles. The van der Waals surface area contributed by atoms with E-state index in [9.17, 15) is 4.79 Å². The first-order valence-electron chi connectivity index (χ1n) is 6.16. The van der Waals surface area contributed by atoms with Gasteiger partial charge in [-0.2, -0.15) is 0 Å². The summed E-state index contributed by atoms with van der Waals surface area (Å²) < 4.78 is 0.956. The number of amides is 1. The van der Waals surface area contributed by atoms with Crippen molar-refractivity contribution in [1.29, 1.82) is 0 Å². The number of nitrogens with one attached hydrogen (secondary N) is 1. The molecule has 0 aliphatic carbocycles. The Kier molecular flexibility index (Phi) is 4.38. The minimum absolute atomic E-state index is 0.00630. The van der Waals surface area contributed by atoms with E-state index in [1.165, 1.54) is 5.56 Å². The number of hydrogen-bond acceptors (Lipinski definition) is 1. The van der Waals surface area contributed by atoms with Gasteiger partial charge in [-0.3, -0.25) is 4.79 Å². The summed E-state index contributed by atoms with van der Waals surface area (Å²) in [4.78, 5) is 12.0. The lowest BCUT2D eigenvalue weighted by Gasteiger charge is -2.08. The molecule has 0 spiro atoms. The molecule has 1 N–H and O–H groups in total. The Labute approximate surface area is 122 Å². The van der Waals surface area contributed by atoms with E-state index < -0.39 is 0 Å². The minimum atomic E-state index is 0.00630. The molecule has 1 amide bonds. The van der Waals surface area contributed by atoms with Crippen molar-refractivity contribution in [3.05, 3.63) is 63.6 Å². The lowest BCUT2D eigenvalue weighted by molar-refractivity contribution is -0.115. The fourth-order valence-electron chi connectivity index (χ4n) is 1.94. The van der Waals surface area contributed by atoms with E-state index >= 15 is 0 Å². The topological polar surface area (TPSA) is 29.1 Å². The third-order valence-electron chi connectivity index (χ3n) is 2.96. The number of halogens is 1. The number of anilines is 1. The Balaban J connectivity index is 2.07. The molecule has 0 radical (unpaired) electrons. The number of carbonyl (C=O) groups is 1. The van der Waals surface area contributed by atoms with Crippen molar-refractivity contribution in [2.75, 3.05) is 5.32 Å². The molecule has 98 valence electrons. The molecule has 0 aromatic heterocycles. The van der Waals surface area contributed by atoms with Crippen LogP contribution in [0.25, 0.3) is 0 Å². The van der Waals surface area contributed by atoms with Crippen LogP contribution in [0.4, 0.5) is 5.69 Å². The van der Waals surface area contributed by atoms with Crippen LogP contribution < -0.4 is 5.32 Å². The van der Waals surface area contributed by atoms with Crippen LogP contribution in [0.3, 0.4) is 0 Å². The predicted octanol–water partition coefficient (Wildman–Crippen LogP) is 4.25. The largest absolute Gasteiger partial charge is 0.326 e. The molecular formula is C16H16BrNO. The summed E-state index contributed by atoms with van der Waals surface area (Å²) in [6.45, 7) is 4.07. The van der Waals surface area contributed by atoms with Gasteiger partial charge in [-0.25, -0.2) is 0 Å². The molecule has 0 aliphatic heterocycles. The molecule has 0 fully saturated rings. The highest BCUT2D eigenvalue weighted by molar-refractivity contribution is 9.10. The van der Waals surface area contributed by atoms with Gasteiger partial charge in [-0.15, -0.1) is 0 Å². The lowest BCUT2D eigenvalue weighted by Crippen LogP contribution is -2.15. The van der Waals surface area contributed by atoms with Crippen LogP contribution in [0, 0.1) is 13.8 Å². The number of carbonyl (C=O) groups excluding carboxylic acids is 1. The lowest BCUT2D eigenvalue weighted by atomic mass is 10.0. The standard InChI is InChI=1S/C16H16BrNO/c1-11-6-7-12(2)13(8-11)9-16(19)18-15-5-3-4-14(17)10-15/h3-8,10H,9H2,1-2H3,(H,18,19). The quantitative estimate of drug-likeness (QED) is 0.901. The van der Waals surface area contributed by atoms with Gasteiger partial charge in [0.25, 0.3) is 0 Å². The molecule has 0 saturated carbocycles. The van der Waals surface area contributed by atoms with Gasteiger partial charge >= 0.3 is 0 Å². The zero-order valence-corrected chi connectivity index (χ0v) is 12.6. The molecule has 0 heterocycles. The van der Waals surface area contributed by atoms with Gasteiger partial charge in [-0.05, 0) is 43.2 Å². The molecule has 3 heteroatoms. The Hall–Kier alpha value is -1.61. The van der Waals surface area contributed by atoms with E-state index in [-0.39, 0.29) is 5.91 Å². The van der Waals surface area contributed by atoms with Gasteiger partial charge < -0.3 is 5.32 Å². The second-order valence-corrected chi connectivity index (χ2v) is 5.58. The summed E-state index contributed by atoms with van der Waals surface area (Å²) in [6, 6.07) is 13.8. The van der Waals surface area contributed by atoms with Crippen LogP contribution in [0.2, 0.25) is 0 Å². The van der Waals surface area contributed by atoms with E-state index in [1.807, 2.05) is 38.1 Å². The Morgan fingerprint density at radius 2 is 1.95 bits per heavy atom. The van der Waals surface area contributed by atoms with Crippen molar-refractivity contribution in [1.82, 2.24) is 0 Å². The van der Waals surface area contributed by atoms with E-state index in [0.29, 0.717) is 6.42 Å². The van der Waals surface area contributed by atoms with Crippen molar-refractivity contribution in [3.63, 3.8) is 0 Å². The van der Waals surface area contributed by atoms with Crippen molar-refractivity contribution < 1.29 is 4.79 Å². The summed E-state index contributed by atoms with van der Waals surface area (Å²) in [5, 5.41) is 2.91. The number of hydrogen-bond donors (Lipinski definition) is 1. The highest BCUT2D eigenvalue weighted by Gasteiger charge is 2.07. The smallest absolute Gasteiger partial charge is 0.228 e. The van der Waals surface area contributed by atoms with Crippen LogP contribution in [-0.4, -0.2) is 5.91 Å². The van der Waals surface area contributed by atoms with Gasteiger partial charge in [0, 0.05) is 10.2 Å². The molecule has 0 atom stereocenters. The summed E-state index contributed by atoms with van der Waals surface area (Å²) >= 11 is 3.39. The molecule has 0 aliphatic rings. The molecule has 2 rings (SSSR count). The zero-order valence-electron chi connectivity index (χ0n) is 11.0. The highest BCUT2D eigenvalue weighted by Crippen LogP contribution is 2.17. The Bertz CT molecular complexity index is 607. The van der Waals surface area contributed by atoms with Crippen LogP contribution in [0.1, 0.15) is 16.7 Å². The van der Waals surface area contributed by atoms with E-state index in [1.54, 1.807) is 0 Å². The SMILES string of the molecule is Cc1ccc(C)c(CC(=O)Nc2cccc(Br)c2)c1. The van der Waals surface area contributed by atoms with E-state index in [4.69, 9.17) is 0 Å². The van der Waals surface area contributed by atoms with Crippen molar-refractivity contribution >= 4 is 27.5 Å². The maximum atomic E-state index is 12.0. The van der Waals surface area contributed by atoms with Crippen LogP contribution in [-0.2, 0) is 11.2 Å². The van der Waals surface area contributed by atoms with Gasteiger partial charge in [0.05, 0.1) is 6.42 Å². The second kappa shape index (κ2) is 6.02. The van der Waals surface area contributed by atoms with Crippen LogP contribution in [0.15, 0.2) is 46.9 Å². The van der Waals surface area contributed by atoms with Gasteiger partial charge in [0.2, 0.25) is 5.91 Å². The Morgan fingerprint density at radius 3 is 2.68 bits per heavy atom. The molecule has 0 bridgehead atoms. The summed E-state index contributed by atoms with van der Waals surface area (Å²) in [5.74, 6) is 0.00630. The monoisotopic (exact) mass is 317 g/mol. The van der Waals surface area contributed by atoms with Crippen molar-refractivity contribution in [3.8, 4) is 0 Å². The Morgan fingerprint density at radius 1 is 1.16 bits per heavy atom. The summed E-state index contributed by atoms with van der Waals surface area (Å²) in [6.07, 6.45) is 0.403. The van der Waals surface area contributed by atoms with Crippen molar-refractivity contribution in [2.45, 2.75) is 20.3 Å². The van der Waals surface area contributed by atoms with Gasteiger partial charge in [0.15, 0.2) is 0 Å². The normalized spacial score (nSPS) is 10.3. The average Bonchev–Trinajstić information content (AvgIpc) is 2.34. The maximum Gasteiger partial charge on any atom is 0.228 e. The summed E-state index contributed by atoms with van der Waals surface area (Å²) in [7, 11) is 0. The predicted molar refractivity (Wildman–Crippen MR) is 82.4 cm³/mol. The second-order valence-electron chi connectivity index (χ2n) is 4.67. The molecule has 2 aromatic rings. The number of benzene rings is 2. The third-order valence-corrected chi connectivity index (χ3v) is 3.46. The fraction of sp³-hybridized carbons (Fsp3) is 0.188. The van der Waals surface area contributed by atoms with Crippen LogP contribution >= 0.6 is 15.9 Å². The molecule has 19 heavy (non-hydrogen) atoms. The maximum absolute atomic E-state index is 12.0. The number of rotatable bonds is 3. The average molecular weight is 318 g/mol. The molecule has 2 nitrogen and oxygen atoms in total. The highest BCUT2D eigenvalue weighted by atomic mass is 79.9. The fourth-order valence-corrected chi connectivity index (χ4v) is 2.33. The van der Waals surface area contributed by atoms with E-state index in [2.05, 4.69) is 39.4 Å². The molecular weight excluding hydrogens is 302 g/mol. The summed E-state index contributed by atoms with van der Waals surface area (Å²) in [5.41, 5.74) is 4.21. The molecule has 0 saturated heterocycles. The minimum Gasteiger partial charge on any atom is -0.326 e. The van der Waals surface area contributed by atoms with E-state index in [0.717, 1.165) is 21.3 Å². The first kappa shape index (κ1) is 13.8. The van der Waals surface area contributed by atoms with Crippen LogP contribution in [0.5, 0.6) is 0 Å². The molecule has 0 unspecified atom stereocenters. The van der Waals surface area contributed by atoms with Crippen molar-refractivity contribution in [2.24, 2.45) is 0 Å². The van der Waals surface area contributed by atoms with Gasteiger partial charge in [-0.1, -0.05) is 45.8 Å². The first-order valence-corrected chi connectivity index (χ1v) is 6.95. The third kappa shape index (κ3) is 3.93. The first-order chi connectivity index (χ1) is 9.04. The zero-order chi connectivity index (χ0) is 13.8. The van der Waals surface area contributed by atoms with Gasteiger partial charge in [0.1, 0.15) is 0 Å².